The number of anilines is 1. The smallest absolute Gasteiger partial charge is 0.306 e. The predicted molar refractivity (Wildman–Crippen MR) is 77.0 cm³/mol. The minimum Gasteiger partial charge on any atom is -0.481 e. The van der Waals surface area contributed by atoms with E-state index in [1.807, 2.05) is 0 Å². The van der Waals surface area contributed by atoms with Crippen LogP contribution in [0.15, 0.2) is 18.2 Å². The highest BCUT2D eigenvalue weighted by Gasteiger charge is 2.26. The molecule has 4 N–H and O–H groups in total. The van der Waals surface area contributed by atoms with Gasteiger partial charge in [-0.3, -0.25) is 9.59 Å². The molecule has 5 nitrogen and oxygen atoms in total. The van der Waals surface area contributed by atoms with Crippen LogP contribution in [-0.4, -0.2) is 23.0 Å². The van der Waals surface area contributed by atoms with Crippen LogP contribution in [0.5, 0.6) is 0 Å². The number of nitrogens with two attached hydrogens (primary N) is 1. The molecular formula is C14H17ClN2O3. The van der Waals surface area contributed by atoms with Crippen molar-refractivity contribution in [3.63, 3.8) is 0 Å². The van der Waals surface area contributed by atoms with Crippen LogP contribution in [0, 0.1) is 5.92 Å². The molecule has 1 amide bonds. The van der Waals surface area contributed by atoms with Gasteiger partial charge in [-0.15, -0.1) is 0 Å². The number of aliphatic carboxylic acids is 1. The number of hydrogen-bond acceptors (Lipinski definition) is 3. The van der Waals surface area contributed by atoms with Gasteiger partial charge in [-0.05, 0) is 43.9 Å². The fraction of sp³-hybridized carbons (Fsp3) is 0.429. The maximum absolute atomic E-state index is 11.4. The zero-order valence-electron chi connectivity index (χ0n) is 10.9. The van der Waals surface area contributed by atoms with Crippen molar-refractivity contribution >= 4 is 29.2 Å². The van der Waals surface area contributed by atoms with Gasteiger partial charge in [0.2, 0.25) is 0 Å². The van der Waals surface area contributed by atoms with Gasteiger partial charge in [0.05, 0.1) is 11.5 Å². The van der Waals surface area contributed by atoms with Gasteiger partial charge in [0, 0.05) is 16.8 Å². The van der Waals surface area contributed by atoms with Gasteiger partial charge in [0.1, 0.15) is 0 Å². The van der Waals surface area contributed by atoms with Gasteiger partial charge in [-0.25, -0.2) is 0 Å². The predicted octanol–water partition coefficient (Wildman–Crippen LogP) is 2.49. The average Bonchev–Trinajstić information content (AvgIpc) is 2.41. The van der Waals surface area contributed by atoms with Crippen molar-refractivity contribution in [2.45, 2.75) is 31.7 Å². The van der Waals surface area contributed by atoms with Crippen molar-refractivity contribution in [3.05, 3.63) is 28.8 Å². The number of hydrogen-bond donors (Lipinski definition) is 3. The van der Waals surface area contributed by atoms with Crippen LogP contribution in [0.2, 0.25) is 5.02 Å². The zero-order valence-corrected chi connectivity index (χ0v) is 11.7. The van der Waals surface area contributed by atoms with Crippen molar-refractivity contribution < 1.29 is 14.7 Å². The van der Waals surface area contributed by atoms with E-state index in [4.69, 9.17) is 22.4 Å². The van der Waals surface area contributed by atoms with E-state index in [1.54, 1.807) is 12.1 Å². The minimum atomic E-state index is -0.729. The number of carbonyl (C=O) groups is 2. The second-order valence-electron chi connectivity index (χ2n) is 5.09. The van der Waals surface area contributed by atoms with Crippen LogP contribution in [0.1, 0.15) is 36.0 Å². The van der Waals surface area contributed by atoms with Crippen molar-refractivity contribution in [2.75, 3.05) is 5.32 Å². The summed E-state index contributed by atoms with van der Waals surface area (Å²) >= 11 is 5.86. The molecule has 0 aliphatic heterocycles. The third kappa shape index (κ3) is 3.42. The number of benzene rings is 1. The van der Waals surface area contributed by atoms with E-state index in [9.17, 15) is 9.59 Å². The summed E-state index contributed by atoms with van der Waals surface area (Å²) in [4.78, 5) is 22.3. The maximum atomic E-state index is 11.4. The van der Waals surface area contributed by atoms with E-state index >= 15 is 0 Å². The van der Waals surface area contributed by atoms with Crippen molar-refractivity contribution in [1.29, 1.82) is 0 Å². The van der Waals surface area contributed by atoms with Crippen LogP contribution >= 0.6 is 11.6 Å². The Morgan fingerprint density at radius 1 is 1.25 bits per heavy atom. The molecular weight excluding hydrogens is 280 g/mol. The van der Waals surface area contributed by atoms with E-state index in [-0.39, 0.29) is 12.0 Å². The Bertz CT molecular complexity index is 525. The van der Waals surface area contributed by atoms with Crippen LogP contribution in [0.25, 0.3) is 0 Å². The first-order valence-corrected chi connectivity index (χ1v) is 6.94. The summed E-state index contributed by atoms with van der Waals surface area (Å²) in [5, 5.41) is 12.7. The second kappa shape index (κ2) is 6.13. The van der Waals surface area contributed by atoms with Gasteiger partial charge in [-0.2, -0.15) is 0 Å². The number of rotatable bonds is 4. The van der Waals surface area contributed by atoms with Crippen LogP contribution in [-0.2, 0) is 4.79 Å². The molecule has 0 saturated heterocycles. The lowest BCUT2D eigenvalue weighted by Gasteiger charge is -2.28. The van der Waals surface area contributed by atoms with E-state index in [1.165, 1.54) is 6.07 Å². The number of amides is 1. The third-order valence-corrected chi connectivity index (χ3v) is 3.92. The molecule has 1 aliphatic rings. The third-order valence-electron chi connectivity index (χ3n) is 3.68. The highest BCUT2D eigenvalue weighted by molar-refractivity contribution is 6.31. The summed E-state index contributed by atoms with van der Waals surface area (Å²) in [5.41, 5.74) is 6.35. The molecule has 0 bridgehead atoms. The number of nitrogens with one attached hydrogen (secondary N) is 1. The largest absolute Gasteiger partial charge is 0.481 e. The summed E-state index contributed by atoms with van der Waals surface area (Å²) < 4.78 is 0. The molecule has 0 radical (unpaired) electrons. The first-order chi connectivity index (χ1) is 9.47. The quantitative estimate of drug-likeness (QED) is 0.796. The lowest BCUT2D eigenvalue weighted by atomic mass is 9.86. The fourth-order valence-corrected chi connectivity index (χ4v) is 2.72. The van der Waals surface area contributed by atoms with Gasteiger partial charge in [0.15, 0.2) is 0 Å². The number of carboxylic acids is 1. The van der Waals surface area contributed by atoms with E-state index < -0.39 is 11.9 Å². The Morgan fingerprint density at radius 3 is 2.45 bits per heavy atom. The summed E-state index contributed by atoms with van der Waals surface area (Å²) in [6.07, 6.45) is 2.81. The summed E-state index contributed by atoms with van der Waals surface area (Å²) in [6, 6.07) is 5.12. The summed E-state index contributed by atoms with van der Waals surface area (Å²) in [6.45, 7) is 0. The molecule has 1 aromatic rings. The molecule has 2 rings (SSSR count). The van der Waals surface area contributed by atoms with Gasteiger partial charge >= 0.3 is 5.97 Å². The fourth-order valence-electron chi connectivity index (χ4n) is 2.55. The Morgan fingerprint density at radius 2 is 1.90 bits per heavy atom. The van der Waals surface area contributed by atoms with Gasteiger partial charge < -0.3 is 16.2 Å². The molecule has 0 atom stereocenters. The van der Waals surface area contributed by atoms with E-state index in [0.29, 0.717) is 29.1 Å². The average molecular weight is 297 g/mol. The molecule has 1 saturated carbocycles. The second-order valence-corrected chi connectivity index (χ2v) is 5.52. The zero-order chi connectivity index (χ0) is 14.7. The Hall–Kier alpha value is -1.75. The number of halogens is 1. The Labute approximate surface area is 122 Å². The monoisotopic (exact) mass is 296 g/mol. The number of carboxylic acid groups (broad SMARTS) is 1. The highest BCUT2D eigenvalue weighted by Crippen LogP contribution is 2.28. The SMILES string of the molecule is NC(=O)c1cc(Cl)ccc1NC1CCC(C(=O)O)CC1. The maximum Gasteiger partial charge on any atom is 0.306 e. The van der Waals surface area contributed by atoms with Crippen molar-refractivity contribution in [1.82, 2.24) is 0 Å². The molecule has 1 aromatic carbocycles. The molecule has 0 heterocycles. The lowest BCUT2D eigenvalue weighted by molar-refractivity contribution is -0.142. The molecule has 6 heteroatoms. The Balaban J connectivity index is 2.04. The van der Waals surface area contributed by atoms with E-state index in [2.05, 4.69) is 5.32 Å². The van der Waals surface area contributed by atoms with Crippen LogP contribution < -0.4 is 11.1 Å². The number of carbonyl (C=O) groups excluding carboxylic acids is 1. The standard InChI is InChI=1S/C14H17ClN2O3/c15-9-3-6-12(11(7-9)13(16)18)17-10-4-1-8(2-5-10)14(19)20/h3,6-8,10,17H,1-2,4-5H2,(H2,16,18)(H,19,20). The van der Waals surface area contributed by atoms with E-state index in [0.717, 1.165) is 12.8 Å². The molecule has 1 aliphatic carbocycles. The summed E-state index contributed by atoms with van der Waals surface area (Å²) in [7, 11) is 0. The molecule has 20 heavy (non-hydrogen) atoms. The van der Waals surface area contributed by atoms with Crippen LogP contribution in [0.4, 0.5) is 5.69 Å². The van der Waals surface area contributed by atoms with Crippen molar-refractivity contribution in [3.8, 4) is 0 Å². The molecule has 0 unspecified atom stereocenters. The normalized spacial score (nSPS) is 22.2. The van der Waals surface area contributed by atoms with Crippen molar-refractivity contribution in [2.24, 2.45) is 11.7 Å². The molecule has 0 spiro atoms. The Kier molecular flexibility index (Phi) is 4.49. The first-order valence-electron chi connectivity index (χ1n) is 6.56. The highest BCUT2D eigenvalue weighted by atomic mass is 35.5. The van der Waals surface area contributed by atoms with Gasteiger partial charge in [-0.1, -0.05) is 11.6 Å². The minimum absolute atomic E-state index is 0.157. The summed E-state index contributed by atoms with van der Waals surface area (Å²) in [5.74, 6) is -1.52. The molecule has 0 aromatic heterocycles. The lowest BCUT2D eigenvalue weighted by Crippen LogP contribution is -2.30. The number of primary amides is 1. The molecule has 108 valence electrons. The van der Waals surface area contributed by atoms with Crippen LogP contribution in [0.3, 0.4) is 0 Å². The topological polar surface area (TPSA) is 92.4 Å². The molecule has 1 fully saturated rings. The first kappa shape index (κ1) is 14.7. The van der Waals surface area contributed by atoms with Gasteiger partial charge in [0.25, 0.3) is 5.91 Å².